The normalized spacial score (nSPS) is 18.9. The van der Waals surface area contributed by atoms with Crippen molar-refractivity contribution in [3.63, 3.8) is 0 Å². The zero-order valence-electron chi connectivity index (χ0n) is 15.6. The van der Waals surface area contributed by atoms with Gasteiger partial charge in [0, 0.05) is 31.3 Å². The summed E-state index contributed by atoms with van der Waals surface area (Å²) in [6.07, 6.45) is 6.07. The zero-order valence-corrected chi connectivity index (χ0v) is 15.6. The molecule has 2 aromatic rings. The molecule has 3 heterocycles. The second kappa shape index (κ2) is 8.19. The van der Waals surface area contributed by atoms with Crippen LogP contribution in [-0.4, -0.2) is 35.8 Å². The highest BCUT2D eigenvalue weighted by atomic mass is 19.1. The first-order chi connectivity index (χ1) is 13.2. The number of ether oxygens (including phenoxy) is 1. The summed E-state index contributed by atoms with van der Waals surface area (Å²) in [5.41, 5.74) is 2.42. The maximum absolute atomic E-state index is 13.3. The molecule has 142 valence electrons. The highest BCUT2D eigenvalue weighted by Gasteiger charge is 2.17. The molecular formula is C22H26FN3O. The highest BCUT2D eigenvalue weighted by molar-refractivity contribution is 5.47. The Hall–Kier alpha value is -2.24. The van der Waals surface area contributed by atoms with Crippen molar-refractivity contribution in [3.05, 3.63) is 57.8 Å². The number of nitrogens with zero attached hydrogens (tertiary/aromatic N) is 2. The summed E-state index contributed by atoms with van der Waals surface area (Å²) in [6.45, 7) is 7.59. The third kappa shape index (κ3) is 4.54. The SMILES string of the molecule is C=c1ccc2c(n1)NC(OCCCCN1CCc3cc(F)ccc3C1)CC=2. The quantitative estimate of drug-likeness (QED) is 0.796. The smallest absolute Gasteiger partial charge is 0.135 e. The third-order valence-corrected chi connectivity index (χ3v) is 5.28. The summed E-state index contributed by atoms with van der Waals surface area (Å²) >= 11 is 0. The van der Waals surface area contributed by atoms with Crippen molar-refractivity contribution < 1.29 is 9.13 Å². The Morgan fingerprint density at radius 3 is 3.07 bits per heavy atom. The van der Waals surface area contributed by atoms with Gasteiger partial charge in [-0.05, 0) is 61.2 Å². The number of benzene rings is 1. The van der Waals surface area contributed by atoms with Gasteiger partial charge in [-0.3, -0.25) is 4.90 Å². The monoisotopic (exact) mass is 367 g/mol. The van der Waals surface area contributed by atoms with Gasteiger partial charge in [-0.2, -0.15) is 0 Å². The van der Waals surface area contributed by atoms with Crippen LogP contribution in [0.2, 0.25) is 0 Å². The van der Waals surface area contributed by atoms with Gasteiger partial charge in [-0.15, -0.1) is 0 Å². The number of nitrogens with one attached hydrogen (secondary N) is 1. The summed E-state index contributed by atoms with van der Waals surface area (Å²) < 4.78 is 19.3. The molecule has 2 aliphatic rings. The lowest BCUT2D eigenvalue weighted by molar-refractivity contribution is 0.0704. The van der Waals surface area contributed by atoms with E-state index in [0.29, 0.717) is 0 Å². The van der Waals surface area contributed by atoms with Crippen LogP contribution in [0.5, 0.6) is 0 Å². The van der Waals surface area contributed by atoms with Crippen molar-refractivity contribution in [2.45, 2.75) is 38.5 Å². The largest absolute Gasteiger partial charge is 0.358 e. The lowest BCUT2D eigenvalue weighted by Gasteiger charge is -2.28. The average molecular weight is 367 g/mol. The Kier molecular flexibility index (Phi) is 5.50. The van der Waals surface area contributed by atoms with E-state index in [4.69, 9.17) is 4.74 Å². The number of hydrogen-bond acceptors (Lipinski definition) is 4. The lowest BCUT2D eigenvalue weighted by Crippen LogP contribution is -2.33. The van der Waals surface area contributed by atoms with Gasteiger partial charge in [0.2, 0.25) is 0 Å². The zero-order chi connectivity index (χ0) is 18.6. The van der Waals surface area contributed by atoms with Crippen molar-refractivity contribution >= 4 is 18.5 Å². The summed E-state index contributed by atoms with van der Waals surface area (Å²) in [6, 6.07) is 9.13. The Balaban J connectivity index is 1.17. The number of anilines is 1. The van der Waals surface area contributed by atoms with Crippen LogP contribution in [0.15, 0.2) is 30.3 Å². The van der Waals surface area contributed by atoms with Crippen molar-refractivity contribution in [1.82, 2.24) is 9.88 Å². The van der Waals surface area contributed by atoms with E-state index in [0.717, 1.165) is 73.9 Å². The van der Waals surface area contributed by atoms with Crippen LogP contribution in [0.3, 0.4) is 0 Å². The first kappa shape index (κ1) is 18.1. The van der Waals surface area contributed by atoms with Gasteiger partial charge in [0.25, 0.3) is 0 Å². The van der Waals surface area contributed by atoms with Crippen LogP contribution >= 0.6 is 0 Å². The van der Waals surface area contributed by atoms with Crippen molar-refractivity contribution in [1.29, 1.82) is 0 Å². The van der Waals surface area contributed by atoms with E-state index >= 15 is 0 Å². The Morgan fingerprint density at radius 2 is 2.15 bits per heavy atom. The minimum absolute atomic E-state index is 0.0106. The standard InChI is InChI=1S/C22H26FN3O/c1-16-4-5-17-7-9-21(25-22(17)24-16)27-13-3-2-11-26-12-10-18-14-20(23)8-6-19(18)15-26/h4-8,14,21H,1-3,9-13,15H2,(H,24,25). The molecule has 1 N–H and O–H groups in total. The number of halogens is 1. The summed E-state index contributed by atoms with van der Waals surface area (Å²) in [4.78, 5) is 6.88. The lowest BCUT2D eigenvalue weighted by atomic mass is 9.99. The molecule has 1 atom stereocenters. The number of rotatable bonds is 6. The van der Waals surface area contributed by atoms with Gasteiger partial charge in [-0.1, -0.05) is 18.7 Å². The molecule has 0 saturated carbocycles. The number of pyridine rings is 1. The molecular weight excluding hydrogens is 341 g/mol. The van der Waals surface area contributed by atoms with E-state index in [-0.39, 0.29) is 12.0 Å². The fourth-order valence-corrected chi connectivity index (χ4v) is 3.78. The van der Waals surface area contributed by atoms with Gasteiger partial charge in [-0.25, -0.2) is 9.37 Å². The maximum atomic E-state index is 13.3. The maximum Gasteiger partial charge on any atom is 0.135 e. The number of hydrogen-bond donors (Lipinski definition) is 1. The first-order valence-corrected chi connectivity index (χ1v) is 9.71. The Labute approximate surface area is 159 Å². The molecule has 1 aromatic heterocycles. The number of aromatic nitrogens is 1. The minimum atomic E-state index is -0.128. The predicted octanol–water partition coefficient (Wildman–Crippen LogP) is 2.41. The van der Waals surface area contributed by atoms with Gasteiger partial charge in [0.05, 0.1) is 5.35 Å². The minimum Gasteiger partial charge on any atom is -0.358 e. The van der Waals surface area contributed by atoms with E-state index < -0.39 is 0 Å². The molecule has 27 heavy (non-hydrogen) atoms. The van der Waals surface area contributed by atoms with Gasteiger partial charge in [0.15, 0.2) is 0 Å². The van der Waals surface area contributed by atoms with Gasteiger partial charge >= 0.3 is 0 Å². The fraction of sp³-hybridized carbons (Fsp3) is 0.409. The molecule has 0 amide bonds. The van der Waals surface area contributed by atoms with Gasteiger partial charge in [0.1, 0.15) is 17.9 Å². The molecule has 1 aromatic carbocycles. The molecule has 0 bridgehead atoms. The third-order valence-electron chi connectivity index (χ3n) is 5.28. The van der Waals surface area contributed by atoms with Crippen molar-refractivity contribution in [3.8, 4) is 0 Å². The molecule has 5 heteroatoms. The molecule has 0 saturated heterocycles. The molecule has 0 fully saturated rings. The molecule has 1 unspecified atom stereocenters. The van der Waals surface area contributed by atoms with Crippen molar-refractivity contribution in [2.75, 3.05) is 25.0 Å². The van der Waals surface area contributed by atoms with Crippen LogP contribution < -0.4 is 15.9 Å². The number of unbranched alkanes of at least 4 members (excludes halogenated alkanes) is 1. The highest BCUT2D eigenvalue weighted by Crippen LogP contribution is 2.20. The van der Waals surface area contributed by atoms with Crippen LogP contribution in [0.1, 0.15) is 30.4 Å². The summed E-state index contributed by atoms with van der Waals surface area (Å²) in [7, 11) is 0. The van der Waals surface area contributed by atoms with Gasteiger partial charge < -0.3 is 10.1 Å². The fourth-order valence-electron chi connectivity index (χ4n) is 3.78. The molecule has 4 nitrogen and oxygen atoms in total. The molecule has 0 aliphatic carbocycles. The topological polar surface area (TPSA) is 37.4 Å². The van der Waals surface area contributed by atoms with E-state index in [1.54, 1.807) is 12.1 Å². The second-order valence-electron chi connectivity index (χ2n) is 7.33. The first-order valence-electron chi connectivity index (χ1n) is 9.71. The van der Waals surface area contributed by atoms with E-state index in [9.17, 15) is 4.39 Å². The van der Waals surface area contributed by atoms with E-state index in [1.165, 1.54) is 5.56 Å². The van der Waals surface area contributed by atoms with E-state index in [1.807, 2.05) is 18.2 Å². The number of fused-ring (bicyclic) bond motifs is 2. The van der Waals surface area contributed by atoms with Crippen LogP contribution in [0, 0.1) is 5.82 Å². The Morgan fingerprint density at radius 1 is 1.22 bits per heavy atom. The molecule has 0 radical (unpaired) electrons. The Bertz CT molecular complexity index is 914. The van der Waals surface area contributed by atoms with Crippen LogP contribution in [0.25, 0.3) is 12.7 Å². The summed E-state index contributed by atoms with van der Waals surface area (Å²) in [5, 5.41) is 5.23. The predicted molar refractivity (Wildman–Crippen MR) is 106 cm³/mol. The van der Waals surface area contributed by atoms with Crippen molar-refractivity contribution in [2.24, 2.45) is 0 Å². The van der Waals surface area contributed by atoms with Crippen LogP contribution in [-0.2, 0) is 17.7 Å². The van der Waals surface area contributed by atoms with Crippen LogP contribution in [0.4, 0.5) is 10.2 Å². The molecule has 4 rings (SSSR count). The molecule has 2 aliphatic heterocycles. The summed E-state index contributed by atoms with van der Waals surface area (Å²) in [5.74, 6) is 0.735. The molecule has 0 spiro atoms. The average Bonchev–Trinajstić information content (AvgIpc) is 2.67. The second-order valence-corrected chi connectivity index (χ2v) is 7.33. The van der Waals surface area contributed by atoms with E-state index in [2.05, 4.69) is 27.9 Å².